The maximum absolute atomic E-state index is 14.7. The number of nitrogens with one attached hydrogen (secondary N) is 1. The molecule has 0 spiro atoms. The van der Waals surface area contributed by atoms with E-state index in [4.69, 9.17) is 5.41 Å². The predicted molar refractivity (Wildman–Crippen MR) is 104 cm³/mol. The average molecular weight is 341 g/mol. The number of rotatable bonds is 2. The second-order valence-electron chi connectivity index (χ2n) is 6.68. The molecule has 0 saturated heterocycles. The van der Waals surface area contributed by atoms with E-state index in [0.29, 0.717) is 11.8 Å². The van der Waals surface area contributed by atoms with E-state index in [1.165, 1.54) is 29.7 Å². The van der Waals surface area contributed by atoms with Gasteiger partial charge in [0.05, 0.1) is 5.56 Å². The highest BCUT2D eigenvalue weighted by Gasteiger charge is 2.25. The fourth-order valence-electron chi connectivity index (χ4n) is 3.63. The molecule has 2 atom stereocenters. The highest BCUT2D eigenvalue weighted by Crippen LogP contribution is 2.43. The van der Waals surface area contributed by atoms with Gasteiger partial charge < -0.3 is 10.5 Å². The number of benzene rings is 2. The number of hydrogen-bond donors (Lipinski definition) is 2. The molecule has 0 bridgehead atoms. The maximum atomic E-state index is 14.7. The lowest BCUT2D eigenvalue weighted by molar-refractivity contribution is 0.471. The van der Waals surface area contributed by atoms with Crippen LogP contribution in [0.4, 0.5) is 4.39 Å². The summed E-state index contributed by atoms with van der Waals surface area (Å²) in [5.74, 6) is 0.351. The lowest BCUT2D eigenvalue weighted by Crippen LogP contribution is -2.11. The maximum Gasteiger partial charge on any atom is 0.143 e. The molecule has 2 N–H and O–H groups in total. The molecule has 3 heteroatoms. The van der Waals surface area contributed by atoms with E-state index >= 15 is 0 Å². The first-order valence-corrected chi connectivity index (χ1v) is 9.10. The standard InChI is InChI=1S/C20H22FNO.C2H6/c1-11-4-5-12(2)16-9-17(13(3)8-15(11)16)19-18(23)7-6-14(10-22)20(19)21;1-2/h6-12,22-23H,4-5H2,1-3H3;1-2H3. The zero-order valence-corrected chi connectivity index (χ0v) is 15.8. The third-order valence-corrected chi connectivity index (χ3v) is 5.10. The molecule has 0 fully saturated rings. The average Bonchev–Trinajstić information content (AvgIpc) is 2.61. The lowest BCUT2D eigenvalue weighted by atomic mass is 9.76. The summed E-state index contributed by atoms with van der Waals surface area (Å²) < 4.78 is 14.7. The molecular formula is C22H28FNO. The molecule has 1 aliphatic rings. The zero-order chi connectivity index (χ0) is 18.7. The monoisotopic (exact) mass is 341 g/mol. The van der Waals surface area contributed by atoms with E-state index in [1.807, 2.05) is 26.8 Å². The van der Waals surface area contributed by atoms with Gasteiger partial charge in [-0.15, -0.1) is 0 Å². The van der Waals surface area contributed by atoms with Crippen molar-refractivity contribution in [3.8, 4) is 16.9 Å². The van der Waals surface area contributed by atoms with Crippen LogP contribution in [0.2, 0.25) is 0 Å². The Morgan fingerprint density at radius 1 is 1.08 bits per heavy atom. The summed E-state index contributed by atoms with van der Waals surface area (Å²) in [6.07, 6.45) is 3.29. The van der Waals surface area contributed by atoms with Crippen molar-refractivity contribution in [1.82, 2.24) is 0 Å². The summed E-state index contributed by atoms with van der Waals surface area (Å²) >= 11 is 0. The van der Waals surface area contributed by atoms with E-state index in [0.717, 1.165) is 23.8 Å². The molecule has 25 heavy (non-hydrogen) atoms. The summed E-state index contributed by atoms with van der Waals surface area (Å²) in [5, 5.41) is 17.5. The molecule has 1 aliphatic carbocycles. The van der Waals surface area contributed by atoms with E-state index in [9.17, 15) is 9.50 Å². The van der Waals surface area contributed by atoms with Crippen LogP contribution < -0.4 is 0 Å². The van der Waals surface area contributed by atoms with E-state index in [1.54, 1.807) is 0 Å². The molecule has 3 rings (SSSR count). The van der Waals surface area contributed by atoms with Gasteiger partial charge in [0.15, 0.2) is 0 Å². The Labute approximate surface area is 150 Å². The normalized spacial score (nSPS) is 18.8. The predicted octanol–water partition coefficient (Wildman–Crippen LogP) is 6.53. The first kappa shape index (κ1) is 19.2. The van der Waals surface area contributed by atoms with Crippen molar-refractivity contribution >= 4 is 6.21 Å². The number of fused-ring (bicyclic) bond motifs is 1. The number of halogens is 1. The van der Waals surface area contributed by atoms with Crippen LogP contribution in [0.15, 0.2) is 24.3 Å². The van der Waals surface area contributed by atoms with Crippen LogP contribution in [0, 0.1) is 18.2 Å². The van der Waals surface area contributed by atoms with E-state index in [2.05, 4.69) is 19.9 Å². The highest BCUT2D eigenvalue weighted by atomic mass is 19.1. The largest absolute Gasteiger partial charge is 0.507 e. The van der Waals surface area contributed by atoms with E-state index in [-0.39, 0.29) is 16.9 Å². The van der Waals surface area contributed by atoms with Gasteiger partial charge in [-0.3, -0.25) is 0 Å². The van der Waals surface area contributed by atoms with Crippen molar-refractivity contribution in [1.29, 1.82) is 5.41 Å². The van der Waals surface area contributed by atoms with Crippen LogP contribution in [0.25, 0.3) is 11.1 Å². The van der Waals surface area contributed by atoms with Crippen LogP contribution >= 0.6 is 0 Å². The first-order chi connectivity index (χ1) is 11.9. The van der Waals surface area contributed by atoms with Crippen molar-refractivity contribution in [2.75, 3.05) is 0 Å². The summed E-state index contributed by atoms with van der Waals surface area (Å²) in [6, 6.07) is 7.07. The fourth-order valence-corrected chi connectivity index (χ4v) is 3.63. The van der Waals surface area contributed by atoms with Crippen molar-refractivity contribution in [3.05, 3.63) is 52.3 Å². The Morgan fingerprint density at radius 3 is 2.20 bits per heavy atom. The molecule has 0 saturated carbocycles. The Kier molecular flexibility index (Phi) is 5.99. The molecule has 2 unspecified atom stereocenters. The molecular weight excluding hydrogens is 313 g/mol. The number of aromatic hydroxyl groups is 1. The third-order valence-electron chi connectivity index (χ3n) is 5.10. The highest BCUT2D eigenvalue weighted by molar-refractivity contribution is 5.84. The molecule has 0 aromatic heterocycles. The SMILES string of the molecule is CC.Cc1cc2c(cc1-c1c(O)ccc(C=N)c1F)C(C)CCC2C. The Bertz CT molecular complexity index is 782. The van der Waals surface area contributed by atoms with Crippen LogP contribution in [0.3, 0.4) is 0 Å². The molecule has 2 aromatic carbocycles. The molecule has 2 aromatic rings. The summed E-state index contributed by atoms with van der Waals surface area (Å²) in [7, 11) is 0. The smallest absolute Gasteiger partial charge is 0.143 e. The van der Waals surface area contributed by atoms with Crippen LogP contribution in [0.5, 0.6) is 5.75 Å². The summed E-state index contributed by atoms with van der Waals surface area (Å²) in [6.45, 7) is 10.4. The molecule has 0 amide bonds. The van der Waals surface area contributed by atoms with Crippen LogP contribution in [0.1, 0.15) is 74.6 Å². The van der Waals surface area contributed by atoms with Gasteiger partial charge in [0.1, 0.15) is 11.6 Å². The molecule has 2 nitrogen and oxygen atoms in total. The van der Waals surface area contributed by atoms with Crippen molar-refractivity contribution in [3.63, 3.8) is 0 Å². The zero-order valence-electron chi connectivity index (χ0n) is 15.8. The molecule has 0 aliphatic heterocycles. The van der Waals surface area contributed by atoms with E-state index < -0.39 is 5.82 Å². The second-order valence-corrected chi connectivity index (χ2v) is 6.68. The summed E-state index contributed by atoms with van der Waals surface area (Å²) in [5.41, 5.74) is 4.68. The van der Waals surface area contributed by atoms with Gasteiger partial charge >= 0.3 is 0 Å². The van der Waals surface area contributed by atoms with Crippen LogP contribution in [-0.4, -0.2) is 11.3 Å². The number of phenols is 1. The van der Waals surface area contributed by atoms with Crippen molar-refractivity contribution in [2.24, 2.45) is 0 Å². The number of phenolic OH excluding ortho intramolecular Hbond substituents is 1. The van der Waals surface area contributed by atoms with Gasteiger partial charge in [-0.05, 0) is 66.0 Å². The van der Waals surface area contributed by atoms with Gasteiger partial charge in [-0.25, -0.2) is 4.39 Å². The fraction of sp³-hybridized carbons (Fsp3) is 0.409. The van der Waals surface area contributed by atoms with Gasteiger partial charge in [-0.1, -0.05) is 39.8 Å². The lowest BCUT2D eigenvalue weighted by Gasteiger charge is -2.29. The Morgan fingerprint density at radius 2 is 1.64 bits per heavy atom. The Hall–Kier alpha value is -2.16. The minimum atomic E-state index is -0.528. The quantitative estimate of drug-likeness (QED) is 0.599. The minimum Gasteiger partial charge on any atom is -0.507 e. The van der Waals surface area contributed by atoms with Gasteiger partial charge in [0, 0.05) is 11.8 Å². The minimum absolute atomic E-state index is 0.0762. The third kappa shape index (κ3) is 3.46. The second kappa shape index (κ2) is 7.81. The topological polar surface area (TPSA) is 44.1 Å². The number of hydrogen-bond acceptors (Lipinski definition) is 2. The molecule has 134 valence electrons. The first-order valence-electron chi connectivity index (χ1n) is 9.10. The van der Waals surface area contributed by atoms with Crippen molar-refractivity contribution in [2.45, 2.75) is 59.3 Å². The van der Waals surface area contributed by atoms with Gasteiger partial charge in [0.25, 0.3) is 0 Å². The summed E-state index contributed by atoms with van der Waals surface area (Å²) in [4.78, 5) is 0. The van der Waals surface area contributed by atoms with Gasteiger partial charge in [-0.2, -0.15) is 0 Å². The molecule has 0 heterocycles. The van der Waals surface area contributed by atoms with Crippen LogP contribution in [-0.2, 0) is 0 Å². The van der Waals surface area contributed by atoms with Crippen molar-refractivity contribution < 1.29 is 9.50 Å². The number of aryl methyl sites for hydroxylation is 1. The Balaban J connectivity index is 0.00000109. The van der Waals surface area contributed by atoms with Gasteiger partial charge in [0.2, 0.25) is 0 Å². The molecule has 0 radical (unpaired) electrons.